The standard InChI is InChI=1S/C24H22N4O/c1-23(2,3)22(29)21-20(17-8-6-12-27-13-17)24(14-25,15-26)19-11-10-16-7-4-5-9-18(16)28(19)21/h4-13,19-21H,1-3H3/t19-,20+,21-/m0/s1. The molecule has 4 rings (SSSR count). The molecule has 0 N–H and O–H groups in total. The lowest BCUT2D eigenvalue weighted by Gasteiger charge is -2.37. The zero-order valence-electron chi connectivity index (χ0n) is 16.7. The lowest BCUT2D eigenvalue weighted by Crippen LogP contribution is -2.47. The monoisotopic (exact) mass is 382 g/mol. The van der Waals surface area contributed by atoms with E-state index in [-0.39, 0.29) is 5.78 Å². The highest BCUT2D eigenvalue weighted by atomic mass is 16.1. The molecule has 5 heteroatoms. The molecule has 2 aliphatic rings. The lowest BCUT2D eigenvalue weighted by molar-refractivity contribution is -0.127. The number of aromatic nitrogens is 1. The van der Waals surface area contributed by atoms with Gasteiger partial charge in [0.1, 0.15) is 0 Å². The minimum absolute atomic E-state index is 0.00818. The zero-order valence-corrected chi connectivity index (χ0v) is 16.7. The first-order valence-corrected chi connectivity index (χ1v) is 9.67. The molecule has 0 amide bonds. The Morgan fingerprint density at radius 3 is 2.48 bits per heavy atom. The van der Waals surface area contributed by atoms with Crippen LogP contribution >= 0.6 is 0 Å². The van der Waals surface area contributed by atoms with E-state index in [2.05, 4.69) is 17.1 Å². The van der Waals surface area contributed by atoms with E-state index in [4.69, 9.17) is 0 Å². The second-order valence-corrected chi connectivity index (χ2v) is 8.69. The van der Waals surface area contributed by atoms with Crippen molar-refractivity contribution >= 4 is 17.5 Å². The predicted molar refractivity (Wildman–Crippen MR) is 111 cm³/mol. The molecule has 2 aliphatic heterocycles. The van der Waals surface area contributed by atoms with Gasteiger partial charge in [0.25, 0.3) is 0 Å². The summed E-state index contributed by atoms with van der Waals surface area (Å²) >= 11 is 0. The van der Waals surface area contributed by atoms with Crippen molar-refractivity contribution in [2.75, 3.05) is 4.90 Å². The maximum Gasteiger partial charge on any atom is 0.176 e. The van der Waals surface area contributed by atoms with Crippen molar-refractivity contribution in [1.82, 2.24) is 4.98 Å². The van der Waals surface area contributed by atoms with Crippen LogP contribution in [0.25, 0.3) is 6.08 Å². The summed E-state index contributed by atoms with van der Waals surface area (Å²) < 4.78 is 0. The van der Waals surface area contributed by atoms with Gasteiger partial charge in [-0.1, -0.05) is 57.2 Å². The van der Waals surface area contributed by atoms with Crippen LogP contribution in [-0.2, 0) is 4.79 Å². The van der Waals surface area contributed by atoms with Gasteiger partial charge >= 0.3 is 0 Å². The van der Waals surface area contributed by atoms with Crippen LogP contribution in [0, 0.1) is 33.5 Å². The molecule has 0 unspecified atom stereocenters. The molecule has 5 nitrogen and oxygen atoms in total. The van der Waals surface area contributed by atoms with Crippen molar-refractivity contribution in [3.05, 3.63) is 66.0 Å². The van der Waals surface area contributed by atoms with Gasteiger partial charge in [-0.25, -0.2) is 0 Å². The highest BCUT2D eigenvalue weighted by molar-refractivity contribution is 5.96. The number of rotatable bonds is 2. The Hall–Kier alpha value is -3.44. The molecule has 0 radical (unpaired) electrons. The normalized spacial score (nSPS) is 24.2. The number of nitrogens with zero attached hydrogens (tertiary/aromatic N) is 4. The Kier molecular flexibility index (Phi) is 4.28. The first-order chi connectivity index (χ1) is 13.8. The molecule has 1 aromatic heterocycles. The van der Waals surface area contributed by atoms with Crippen LogP contribution in [0.15, 0.2) is 54.9 Å². The van der Waals surface area contributed by atoms with Crippen LogP contribution in [0.3, 0.4) is 0 Å². The highest BCUT2D eigenvalue weighted by Crippen LogP contribution is 2.55. The Balaban J connectivity index is 2.03. The Morgan fingerprint density at radius 2 is 1.86 bits per heavy atom. The third kappa shape index (κ3) is 2.66. The van der Waals surface area contributed by atoms with Crippen molar-refractivity contribution in [3.63, 3.8) is 0 Å². The van der Waals surface area contributed by atoms with Gasteiger partial charge in [-0.3, -0.25) is 9.78 Å². The number of nitriles is 2. The number of fused-ring (bicyclic) bond motifs is 3. The van der Waals surface area contributed by atoms with Crippen LogP contribution in [-0.4, -0.2) is 22.9 Å². The Bertz CT molecular complexity index is 1050. The number of pyridine rings is 1. The Morgan fingerprint density at radius 1 is 1.14 bits per heavy atom. The number of anilines is 1. The van der Waals surface area contributed by atoms with E-state index in [1.807, 2.05) is 68.2 Å². The minimum atomic E-state index is -1.40. The van der Waals surface area contributed by atoms with Gasteiger partial charge < -0.3 is 4.90 Å². The van der Waals surface area contributed by atoms with Crippen LogP contribution in [0.5, 0.6) is 0 Å². The van der Waals surface area contributed by atoms with Crippen molar-refractivity contribution in [3.8, 4) is 12.1 Å². The van der Waals surface area contributed by atoms with E-state index in [1.54, 1.807) is 18.5 Å². The molecular formula is C24H22N4O. The van der Waals surface area contributed by atoms with Gasteiger partial charge in [0, 0.05) is 29.4 Å². The van der Waals surface area contributed by atoms with Gasteiger partial charge in [-0.15, -0.1) is 0 Å². The molecule has 29 heavy (non-hydrogen) atoms. The number of hydrogen-bond donors (Lipinski definition) is 0. The molecular weight excluding hydrogens is 360 g/mol. The summed E-state index contributed by atoms with van der Waals surface area (Å²) in [5.74, 6) is -0.604. The van der Waals surface area contributed by atoms with Crippen molar-refractivity contribution < 1.29 is 4.79 Å². The van der Waals surface area contributed by atoms with Gasteiger partial charge in [-0.2, -0.15) is 10.5 Å². The van der Waals surface area contributed by atoms with Gasteiger partial charge in [0.2, 0.25) is 0 Å². The molecule has 0 aliphatic carbocycles. The summed E-state index contributed by atoms with van der Waals surface area (Å²) in [5.41, 5.74) is 0.556. The number of benzene rings is 1. The lowest BCUT2D eigenvalue weighted by atomic mass is 9.68. The molecule has 2 aromatic rings. The van der Waals surface area contributed by atoms with Gasteiger partial charge in [-0.05, 0) is 23.3 Å². The SMILES string of the molecule is CC(C)(C)C(=O)[C@@H]1[C@@H](c2cccnc2)C(C#N)(C#N)[C@@H]2C=Cc3ccccc3N12. The van der Waals surface area contributed by atoms with Gasteiger partial charge in [0.15, 0.2) is 11.2 Å². The second-order valence-electron chi connectivity index (χ2n) is 8.69. The number of carbonyl (C=O) groups is 1. The predicted octanol–water partition coefficient (Wildman–Crippen LogP) is 4.10. The smallest absolute Gasteiger partial charge is 0.176 e. The van der Waals surface area contributed by atoms with Crippen LogP contribution in [0.2, 0.25) is 0 Å². The molecule has 0 spiro atoms. The molecule has 1 aromatic carbocycles. The zero-order chi connectivity index (χ0) is 20.8. The fourth-order valence-electron chi connectivity index (χ4n) is 4.61. The first kappa shape index (κ1) is 18.9. The van der Waals surface area contributed by atoms with E-state index in [9.17, 15) is 15.3 Å². The topological polar surface area (TPSA) is 80.8 Å². The first-order valence-electron chi connectivity index (χ1n) is 9.67. The number of para-hydroxylation sites is 1. The largest absolute Gasteiger partial charge is 0.351 e. The van der Waals surface area contributed by atoms with Crippen LogP contribution < -0.4 is 4.90 Å². The van der Waals surface area contributed by atoms with E-state index in [0.29, 0.717) is 0 Å². The average Bonchev–Trinajstić information content (AvgIpc) is 3.04. The summed E-state index contributed by atoms with van der Waals surface area (Å²) in [6.07, 6.45) is 7.17. The van der Waals surface area contributed by atoms with Crippen LogP contribution in [0.1, 0.15) is 37.8 Å². The summed E-state index contributed by atoms with van der Waals surface area (Å²) in [7, 11) is 0. The van der Waals surface area contributed by atoms with Crippen molar-refractivity contribution in [2.45, 2.75) is 38.8 Å². The van der Waals surface area contributed by atoms with E-state index in [0.717, 1.165) is 16.8 Å². The summed E-state index contributed by atoms with van der Waals surface area (Å²) in [5, 5.41) is 20.5. The molecule has 0 bridgehead atoms. The average molecular weight is 382 g/mol. The fourth-order valence-corrected chi connectivity index (χ4v) is 4.61. The number of Topliss-reactive ketones (excluding diaryl/α,β-unsaturated/α-hetero) is 1. The van der Waals surface area contributed by atoms with Crippen LogP contribution in [0.4, 0.5) is 5.69 Å². The maximum absolute atomic E-state index is 13.7. The molecule has 144 valence electrons. The maximum atomic E-state index is 13.7. The molecule has 1 fully saturated rings. The van der Waals surface area contributed by atoms with Crippen molar-refractivity contribution in [1.29, 1.82) is 10.5 Å². The molecule has 3 atom stereocenters. The third-order valence-corrected chi connectivity index (χ3v) is 5.97. The van der Waals surface area contributed by atoms with E-state index < -0.39 is 28.8 Å². The molecule has 0 saturated carbocycles. The highest BCUT2D eigenvalue weighted by Gasteiger charge is 2.64. The third-order valence-electron chi connectivity index (χ3n) is 5.97. The number of ketones is 1. The summed E-state index contributed by atoms with van der Waals surface area (Å²) in [6, 6.07) is 14.9. The second kappa shape index (κ2) is 6.57. The fraction of sp³-hybridized carbons (Fsp3) is 0.333. The minimum Gasteiger partial charge on any atom is -0.351 e. The number of carbonyl (C=O) groups excluding carboxylic acids is 1. The van der Waals surface area contributed by atoms with Gasteiger partial charge in [0.05, 0.1) is 24.2 Å². The van der Waals surface area contributed by atoms with Crippen molar-refractivity contribution in [2.24, 2.45) is 10.8 Å². The quantitative estimate of drug-likeness (QED) is 0.781. The summed E-state index contributed by atoms with van der Waals surface area (Å²) in [6.45, 7) is 5.65. The van der Waals surface area contributed by atoms with E-state index in [1.165, 1.54) is 0 Å². The number of hydrogen-bond acceptors (Lipinski definition) is 5. The Labute approximate surface area is 170 Å². The van der Waals surface area contributed by atoms with E-state index >= 15 is 0 Å². The molecule has 3 heterocycles. The summed E-state index contributed by atoms with van der Waals surface area (Å²) in [4.78, 5) is 19.9. The molecule has 1 saturated heterocycles.